The molecule has 248 valence electrons. The molecule has 7 nitrogen and oxygen atoms in total. The molecule has 0 bridgehead atoms. The van der Waals surface area contributed by atoms with Crippen molar-refractivity contribution in [2.45, 2.75) is 70.5 Å². The second-order valence-corrected chi connectivity index (χ2v) is 14.3. The lowest BCUT2D eigenvalue weighted by Gasteiger charge is -2.35. The minimum Gasteiger partial charge on any atom is -0.352 e. The normalized spacial score (nSPS) is 12.6. The summed E-state index contributed by atoms with van der Waals surface area (Å²) < 4.78 is 29.8. The van der Waals surface area contributed by atoms with E-state index in [-0.39, 0.29) is 29.8 Å². The van der Waals surface area contributed by atoms with Crippen LogP contribution in [0.2, 0.25) is 10.0 Å². The Morgan fingerprint density at radius 1 is 0.851 bits per heavy atom. The van der Waals surface area contributed by atoms with Crippen LogP contribution in [-0.4, -0.2) is 43.8 Å². The third-order valence-electron chi connectivity index (χ3n) is 8.16. The van der Waals surface area contributed by atoms with E-state index in [4.69, 9.17) is 23.2 Å². The van der Waals surface area contributed by atoms with Gasteiger partial charge in [0.25, 0.3) is 10.0 Å². The highest BCUT2D eigenvalue weighted by molar-refractivity contribution is 7.92. The van der Waals surface area contributed by atoms with E-state index in [9.17, 15) is 18.0 Å². The lowest BCUT2D eigenvalue weighted by Crippen LogP contribution is -2.54. The molecule has 0 aliphatic rings. The summed E-state index contributed by atoms with van der Waals surface area (Å²) in [5.74, 6) is -0.901. The molecule has 4 aromatic rings. The van der Waals surface area contributed by atoms with Crippen molar-refractivity contribution in [3.8, 4) is 0 Å². The first-order valence-corrected chi connectivity index (χ1v) is 17.9. The fraction of sp³-hybridized carbons (Fsp3) is 0.297. The number of amides is 2. The van der Waals surface area contributed by atoms with Gasteiger partial charge in [0, 0.05) is 29.1 Å². The Morgan fingerprint density at radius 2 is 1.51 bits per heavy atom. The highest BCUT2D eigenvalue weighted by atomic mass is 35.5. The Balaban J connectivity index is 1.85. The highest BCUT2D eigenvalue weighted by Crippen LogP contribution is 2.29. The van der Waals surface area contributed by atoms with E-state index in [0.717, 1.165) is 21.0 Å². The topological polar surface area (TPSA) is 86.8 Å². The molecule has 2 amide bonds. The zero-order valence-electron chi connectivity index (χ0n) is 27.1. The second-order valence-electron chi connectivity index (χ2n) is 11.6. The monoisotopic (exact) mass is 693 g/mol. The van der Waals surface area contributed by atoms with Crippen molar-refractivity contribution in [3.63, 3.8) is 0 Å². The number of nitrogens with zero attached hydrogens (tertiary/aromatic N) is 2. The van der Waals surface area contributed by atoms with Gasteiger partial charge in [-0.1, -0.05) is 109 Å². The number of sulfonamides is 1. The van der Waals surface area contributed by atoms with Crippen LogP contribution in [0.1, 0.15) is 49.4 Å². The van der Waals surface area contributed by atoms with Gasteiger partial charge in [0.05, 0.1) is 10.6 Å². The summed E-state index contributed by atoms with van der Waals surface area (Å²) in [6.45, 7) is 7.08. The fourth-order valence-corrected chi connectivity index (χ4v) is 7.15. The van der Waals surface area contributed by atoms with Crippen LogP contribution < -0.4 is 9.62 Å². The molecule has 0 spiro atoms. The van der Waals surface area contributed by atoms with Crippen molar-refractivity contribution < 1.29 is 18.0 Å². The minimum absolute atomic E-state index is 0.0475. The van der Waals surface area contributed by atoms with E-state index >= 15 is 0 Å². The molecule has 0 fully saturated rings. The van der Waals surface area contributed by atoms with Gasteiger partial charge in [0.2, 0.25) is 11.8 Å². The SMILES string of the molecule is CCc1ccccc1N(CC(=O)N(Cc1ccc(Cl)cc1Cl)C(Cc1ccccc1)C(=O)NC(C)CC)S(=O)(=O)c1ccc(C)cc1. The summed E-state index contributed by atoms with van der Waals surface area (Å²) in [5, 5.41) is 3.80. The van der Waals surface area contributed by atoms with Gasteiger partial charge in [0.15, 0.2) is 0 Å². The first-order valence-electron chi connectivity index (χ1n) is 15.7. The largest absolute Gasteiger partial charge is 0.352 e. The lowest BCUT2D eigenvalue weighted by atomic mass is 10.0. The van der Waals surface area contributed by atoms with Crippen molar-refractivity contribution in [2.24, 2.45) is 0 Å². The zero-order chi connectivity index (χ0) is 34.1. The summed E-state index contributed by atoms with van der Waals surface area (Å²) >= 11 is 12.8. The predicted molar refractivity (Wildman–Crippen MR) is 190 cm³/mol. The minimum atomic E-state index is -4.20. The number of benzene rings is 4. The van der Waals surface area contributed by atoms with E-state index < -0.39 is 28.5 Å². The average Bonchev–Trinajstić information content (AvgIpc) is 3.06. The number of halogens is 2. The number of aryl methyl sites for hydroxylation is 2. The lowest BCUT2D eigenvalue weighted by molar-refractivity contribution is -0.140. The van der Waals surface area contributed by atoms with Crippen molar-refractivity contribution in [1.29, 1.82) is 0 Å². The quantitative estimate of drug-likeness (QED) is 0.147. The molecular formula is C37H41Cl2N3O4S. The number of anilines is 1. The number of hydrogen-bond donors (Lipinski definition) is 1. The van der Waals surface area contributed by atoms with Gasteiger partial charge in [-0.3, -0.25) is 13.9 Å². The second kappa shape index (κ2) is 16.3. The molecule has 1 N–H and O–H groups in total. The molecule has 0 saturated heterocycles. The number of nitrogens with one attached hydrogen (secondary N) is 1. The van der Waals surface area contributed by atoms with Crippen LogP contribution in [0.3, 0.4) is 0 Å². The van der Waals surface area contributed by atoms with Crippen LogP contribution in [0.4, 0.5) is 5.69 Å². The third-order valence-corrected chi connectivity index (χ3v) is 10.5. The maximum absolute atomic E-state index is 14.7. The Morgan fingerprint density at radius 3 is 2.15 bits per heavy atom. The van der Waals surface area contributed by atoms with E-state index in [1.165, 1.54) is 4.90 Å². The number of carbonyl (C=O) groups is 2. The molecule has 2 atom stereocenters. The van der Waals surface area contributed by atoms with Gasteiger partial charge < -0.3 is 10.2 Å². The van der Waals surface area contributed by atoms with Gasteiger partial charge in [-0.15, -0.1) is 0 Å². The molecule has 0 aromatic heterocycles. The zero-order valence-corrected chi connectivity index (χ0v) is 29.4. The first kappa shape index (κ1) is 36.0. The number of rotatable bonds is 14. The molecular weight excluding hydrogens is 653 g/mol. The summed E-state index contributed by atoms with van der Waals surface area (Å²) in [4.78, 5) is 30.2. The molecule has 0 heterocycles. The molecule has 0 radical (unpaired) electrons. The Kier molecular flexibility index (Phi) is 12.5. The number of carbonyl (C=O) groups excluding carboxylic acids is 2. The Bertz CT molecular complexity index is 1780. The standard InChI is InChI=1S/C37H41Cl2N3O4S/c1-5-27(4)40-37(44)35(22-28-12-8-7-9-13-28)41(24-30-18-19-31(38)23-33(30)39)36(43)25-42(34-15-11-10-14-29(34)6-2)47(45,46)32-20-16-26(3)17-21-32/h7-21,23,27,35H,5-6,22,24-25H2,1-4H3,(H,40,44). The van der Waals surface area contributed by atoms with Gasteiger partial charge >= 0.3 is 0 Å². The molecule has 0 aliphatic heterocycles. The molecule has 4 rings (SSSR count). The van der Waals surface area contributed by atoms with Gasteiger partial charge in [-0.25, -0.2) is 8.42 Å². The molecule has 0 saturated carbocycles. The molecule has 2 unspecified atom stereocenters. The maximum atomic E-state index is 14.7. The molecule has 4 aromatic carbocycles. The maximum Gasteiger partial charge on any atom is 0.264 e. The van der Waals surface area contributed by atoms with Crippen LogP contribution in [0.5, 0.6) is 0 Å². The van der Waals surface area contributed by atoms with Crippen LogP contribution in [0, 0.1) is 6.92 Å². The van der Waals surface area contributed by atoms with Crippen LogP contribution in [-0.2, 0) is 39.0 Å². The summed E-state index contributed by atoms with van der Waals surface area (Å²) in [6, 6.07) is 26.9. The Hall–Kier alpha value is -3.85. The summed E-state index contributed by atoms with van der Waals surface area (Å²) in [5.41, 5.74) is 3.48. The van der Waals surface area contributed by atoms with E-state index in [2.05, 4.69) is 5.32 Å². The van der Waals surface area contributed by atoms with Crippen molar-refractivity contribution >= 4 is 50.7 Å². The van der Waals surface area contributed by atoms with Crippen molar-refractivity contribution in [3.05, 3.63) is 129 Å². The number of para-hydroxylation sites is 1. The van der Waals surface area contributed by atoms with Crippen LogP contribution >= 0.6 is 23.2 Å². The Labute approximate surface area is 288 Å². The van der Waals surface area contributed by atoms with Crippen molar-refractivity contribution in [1.82, 2.24) is 10.2 Å². The van der Waals surface area contributed by atoms with Gasteiger partial charge in [-0.05, 0) is 73.7 Å². The summed E-state index contributed by atoms with van der Waals surface area (Å²) in [7, 11) is -4.20. The van der Waals surface area contributed by atoms with Crippen LogP contribution in [0.15, 0.2) is 102 Å². The summed E-state index contributed by atoms with van der Waals surface area (Å²) in [6.07, 6.45) is 1.44. The number of hydrogen-bond acceptors (Lipinski definition) is 4. The van der Waals surface area contributed by atoms with E-state index in [1.54, 1.807) is 54.6 Å². The van der Waals surface area contributed by atoms with E-state index in [0.29, 0.717) is 34.1 Å². The predicted octanol–water partition coefficient (Wildman–Crippen LogP) is 7.61. The molecule has 10 heteroatoms. The van der Waals surface area contributed by atoms with Gasteiger partial charge in [0.1, 0.15) is 12.6 Å². The third kappa shape index (κ3) is 9.15. The fourth-order valence-electron chi connectivity index (χ4n) is 5.23. The van der Waals surface area contributed by atoms with Crippen molar-refractivity contribution in [2.75, 3.05) is 10.8 Å². The molecule has 0 aliphatic carbocycles. The van der Waals surface area contributed by atoms with Gasteiger partial charge in [-0.2, -0.15) is 0 Å². The van der Waals surface area contributed by atoms with Crippen LogP contribution in [0.25, 0.3) is 0 Å². The smallest absolute Gasteiger partial charge is 0.264 e. The van der Waals surface area contributed by atoms with E-state index in [1.807, 2.05) is 70.2 Å². The highest BCUT2D eigenvalue weighted by Gasteiger charge is 2.35. The first-order chi connectivity index (χ1) is 22.4. The average molecular weight is 695 g/mol. The molecule has 47 heavy (non-hydrogen) atoms.